The minimum absolute atomic E-state index is 0.157. The number of nitrogens with zero attached hydrogens (tertiary/aromatic N) is 1. The molecule has 0 radical (unpaired) electrons. The lowest BCUT2D eigenvalue weighted by Gasteiger charge is -2.13. The van der Waals surface area contributed by atoms with Crippen molar-refractivity contribution in [1.29, 1.82) is 0 Å². The van der Waals surface area contributed by atoms with Crippen LogP contribution in [-0.4, -0.2) is 37.5 Å². The van der Waals surface area contributed by atoms with Crippen molar-refractivity contribution in [2.45, 2.75) is 6.42 Å². The Bertz CT molecular complexity index is 529. The number of carbonyl (C=O) groups excluding carboxylic acids is 2. The summed E-state index contributed by atoms with van der Waals surface area (Å²) < 4.78 is 4.51. The summed E-state index contributed by atoms with van der Waals surface area (Å²) in [7, 11) is 2.92. The third-order valence-corrected chi connectivity index (χ3v) is 3.48. The van der Waals surface area contributed by atoms with Crippen LogP contribution in [0.15, 0.2) is 24.3 Å². The molecule has 4 nitrogen and oxygen atoms in total. The number of rotatable bonds is 5. The molecule has 0 saturated heterocycles. The predicted molar refractivity (Wildman–Crippen MR) is 79.8 cm³/mol. The number of carbonyl (C=O) groups is 2. The van der Waals surface area contributed by atoms with E-state index >= 15 is 0 Å². The molecule has 0 aliphatic rings. The topological polar surface area (TPSA) is 46.6 Å². The normalized spacial score (nSPS) is 10.6. The van der Waals surface area contributed by atoms with E-state index in [4.69, 9.17) is 23.2 Å². The van der Waals surface area contributed by atoms with Crippen molar-refractivity contribution in [3.63, 3.8) is 0 Å². The van der Waals surface area contributed by atoms with Crippen LogP contribution in [0.4, 0.5) is 0 Å². The SMILES string of the molecule is COC(=O)CCN(C)C(=O)C=Cc1cccc(Cl)c1Cl. The molecule has 0 unspecified atom stereocenters. The molecular weight excluding hydrogens is 301 g/mol. The summed E-state index contributed by atoms with van der Waals surface area (Å²) in [5.74, 6) is -0.587. The summed E-state index contributed by atoms with van der Waals surface area (Å²) >= 11 is 11.9. The molecule has 0 aliphatic heterocycles. The largest absolute Gasteiger partial charge is 0.469 e. The van der Waals surface area contributed by atoms with Crippen molar-refractivity contribution < 1.29 is 14.3 Å². The lowest BCUT2D eigenvalue weighted by atomic mass is 10.2. The van der Waals surface area contributed by atoms with Gasteiger partial charge in [-0.15, -0.1) is 0 Å². The van der Waals surface area contributed by atoms with Gasteiger partial charge in [-0.25, -0.2) is 0 Å². The first kappa shape index (κ1) is 16.5. The van der Waals surface area contributed by atoms with E-state index < -0.39 is 0 Å². The Morgan fingerprint density at radius 1 is 1.35 bits per heavy atom. The lowest BCUT2D eigenvalue weighted by Crippen LogP contribution is -2.27. The molecular formula is C14H15Cl2NO3. The molecule has 20 heavy (non-hydrogen) atoms. The van der Waals surface area contributed by atoms with Crippen LogP contribution in [0.1, 0.15) is 12.0 Å². The first-order chi connectivity index (χ1) is 9.45. The van der Waals surface area contributed by atoms with E-state index in [1.807, 2.05) is 0 Å². The Morgan fingerprint density at radius 2 is 2.05 bits per heavy atom. The van der Waals surface area contributed by atoms with Crippen LogP contribution in [0.2, 0.25) is 10.0 Å². The quantitative estimate of drug-likeness (QED) is 0.620. The number of benzene rings is 1. The maximum Gasteiger partial charge on any atom is 0.307 e. The number of amides is 1. The highest BCUT2D eigenvalue weighted by atomic mass is 35.5. The van der Waals surface area contributed by atoms with Crippen LogP contribution in [0.3, 0.4) is 0 Å². The van der Waals surface area contributed by atoms with Crippen molar-refractivity contribution >= 4 is 41.2 Å². The molecule has 0 N–H and O–H groups in total. The van der Waals surface area contributed by atoms with Gasteiger partial charge in [0.05, 0.1) is 23.6 Å². The smallest absolute Gasteiger partial charge is 0.307 e. The summed E-state index contributed by atoms with van der Waals surface area (Å²) in [6.07, 6.45) is 3.13. The van der Waals surface area contributed by atoms with E-state index in [0.717, 1.165) is 0 Å². The summed E-state index contributed by atoms with van der Waals surface area (Å²) in [6, 6.07) is 5.18. The highest BCUT2D eigenvalue weighted by Crippen LogP contribution is 2.26. The highest BCUT2D eigenvalue weighted by molar-refractivity contribution is 6.42. The number of halogens is 2. The second-order valence-corrected chi connectivity index (χ2v) is 4.85. The molecule has 0 heterocycles. The summed E-state index contributed by atoms with van der Waals surface area (Å²) in [5.41, 5.74) is 0.661. The molecule has 6 heteroatoms. The number of likely N-dealkylation sites (N-methyl/N-ethyl adjacent to an activating group) is 1. The van der Waals surface area contributed by atoms with E-state index in [2.05, 4.69) is 4.74 Å². The lowest BCUT2D eigenvalue weighted by molar-refractivity contribution is -0.141. The monoisotopic (exact) mass is 315 g/mol. The molecule has 108 valence electrons. The molecule has 0 fully saturated rings. The van der Waals surface area contributed by atoms with Gasteiger partial charge in [-0.05, 0) is 17.7 Å². The molecule has 0 saturated carbocycles. The van der Waals surface area contributed by atoms with Crippen molar-refractivity contribution in [1.82, 2.24) is 4.90 Å². The van der Waals surface area contributed by atoms with Crippen molar-refractivity contribution in [2.24, 2.45) is 0 Å². The maximum absolute atomic E-state index is 11.8. The Balaban J connectivity index is 2.63. The fourth-order valence-electron chi connectivity index (χ4n) is 1.41. The average Bonchev–Trinajstić information content (AvgIpc) is 2.45. The van der Waals surface area contributed by atoms with Crippen LogP contribution < -0.4 is 0 Å². The van der Waals surface area contributed by atoms with Gasteiger partial charge in [-0.3, -0.25) is 9.59 Å². The zero-order chi connectivity index (χ0) is 15.1. The van der Waals surface area contributed by atoms with Crippen molar-refractivity contribution in [2.75, 3.05) is 20.7 Å². The number of ether oxygens (including phenoxy) is 1. The van der Waals surface area contributed by atoms with Gasteiger partial charge in [0.15, 0.2) is 0 Å². The van der Waals surface area contributed by atoms with E-state index in [1.165, 1.54) is 18.1 Å². The Kier molecular flexibility index (Phi) is 6.55. The van der Waals surface area contributed by atoms with Crippen LogP contribution in [0, 0.1) is 0 Å². The van der Waals surface area contributed by atoms with Crippen LogP contribution in [0.5, 0.6) is 0 Å². The van der Waals surface area contributed by atoms with Crippen molar-refractivity contribution in [3.8, 4) is 0 Å². The van der Waals surface area contributed by atoms with Gasteiger partial charge in [0.2, 0.25) is 5.91 Å². The first-order valence-corrected chi connectivity index (χ1v) is 6.65. The molecule has 1 rings (SSSR count). The standard InChI is InChI=1S/C14H15Cl2NO3/c1-17(9-8-13(19)20-2)12(18)7-6-10-4-3-5-11(15)14(10)16/h3-7H,8-9H2,1-2H3. The van der Waals surface area contributed by atoms with E-state index in [9.17, 15) is 9.59 Å². The number of esters is 1. The maximum atomic E-state index is 11.8. The third kappa shape index (κ3) is 4.87. The molecule has 0 spiro atoms. The Labute approximate surface area is 127 Å². The first-order valence-electron chi connectivity index (χ1n) is 5.89. The van der Waals surface area contributed by atoms with Gasteiger partial charge < -0.3 is 9.64 Å². The molecule has 0 bridgehead atoms. The van der Waals surface area contributed by atoms with Gasteiger partial charge in [0.25, 0.3) is 0 Å². The molecule has 1 aromatic rings. The average molecular weight is 316 g/mol. The number of hydrogen-bond donors (Lipinski definition) is 0. The van der Waals surface area contributed by atoms with Crippen LogP contribution in [0.25, 0.3) is 6.08 Å². The molecule has 0 aliphatic carbocycles. The summed E-state index contributed by atoms with van der Waals surface area (Å²) in [6.45, 7) is 0.291. The van der Waals surface area contributed by atoms with Gasteiger partial charge in [0.1, 0.15) is 0 Å². The highest BCUT2D eigenvalue weighted by Gasteiger charge is 2.08. The molecule has 0 aromatic heterocycles. The summed E-state index contributed by atoms with van der Waals surface area (Å²) in [5, 5.41) is 0.829. The molecule has 0 atom stereocenters. The zero-order valence-corrected chi connectivity index (χ0v) is 12.7. The van der Waals surface area contributed by atoms with Gasteiger partial charge in [0, 0.05) is 19.7 Å². The van der Waals surface area contributed by atoms with Crippen LogP contribution >= 0.6 is 23.2 Å². The number of hydrogen-bond acceptors (Lipinski definition) is 3. The van der Waals surface area contributed by atoms with E-state index in [-0.39, 0.29) is 18.3 Å². The fourth-order valence-corrected chi connectivity index (χ4v) is 1.78. The minimum atomic E-state index is -0.355. The minimum Gasteiger partial charge on any atom is -0.469 e. The Morgan fingerprint density at radius 3 is 2.70 bits per heavy atom. The second-order valence-electron chi connectivity index (χ2n) is 4.06. The van der Waals surface area contributed by atoms with E-state index in [0.29, 0.717) is 22.2 Å². The van der Waals surface area contributed by atoms with Gasteiger partial charge in [-0.2, -0.15) is 0 Å². The molecule has 1 aromatic carbocycles. The Hall–Kier alpha value is -1.52. The van der Waals surface area contributed by atoms with Crippen molar-refractivity contribution in [3.05, 3.63) is 39.9 Å². The zero-order valence-electron chi connectivity index (χ0n) is 11.2. The van der Waals surface area contributed by atoms with Gasteiger partial charge >= 0.3 is 5.97 Å². The summed E-state index contributed by atoms with van der Waals surface area (Å²) in [4.78, 5) is 24.2. The van der Waals surface area contributed by atoms with Gasteiger partial charge in [-0.1, -0.05) is 35.3 Å². The third-order valence-electron chi connectivity index (χ3n) is 2.64. The fraction of sp³-hybridized carbons (Fsp3) is 0.286. The van der Waals surface area contributed by atoms with E-state index in [1.54, 1.807) is 31.3 Å². The number of methoxy groups -OCH3 is 1. The second kappa shape index (κ2) is 7.92. The molecule has 1 amide bonds. The van der Waals surface area contributed by atoms with Crippen LogP contribution in [-0.2, 0) is 14.3 Å². The predicted octanol–water partition coefficient (Wildman–Crippen LogP) is 3.03.